The van der Waals surface area contributed by atoms with Gasteiger partial charge in [0.25, 0.3) is 5.69 Å². The molecule has 1 heterocycles. The molecule has 1 aliphatic carbocycles. The molecule has 2 aliphatic rings. The van der Waals surface area contributed by atoms with E-state index in [4.69, 9.17) is 0 Å². The van der Waals surface area contributed by atoms with E-state index in [1.54, 1.807) is 0 Å². The summed E-state index contributed by atoms with van der Waals surface area (Å²) in [4.78, 5) is 35.6. The Labute approximate surface area is 102 Å². The number of nitro groups is 1. The molecule has 0 unspecified atom stereocenters. The zero-order valence-corrected chi connectivity index (χ0v) is 9.67. The van der Waals surface area contributed by atoms with E-state index in [2.05, 4.69) is 0 Å². The fourth-order valence-electron chi connectivity index (χ4n) is 2.64. The highest BCUT2D eigenvalue weighted by Crippen LogP contribution is 2.53. The number of Topliss-reactive ketones (excluding diaryl/α,β-unsaturated/α-hetero) is 1. The van der Waals surface area contributed by atoms with E-state index in [0.717, 1.165) is 0 Å². The van der Waals surface area contributed by atoms with Gasteiger partial charge in [0.15, 0.2) is 5.78 Å². The Balaban J connectivity index is 2.19. The number of benzene rings is 1. The first kappa shape index (κ1) is 10.9. The van der Waals surface area contributed by atoms with Gasteiger partial charge in [-0.25, -0.2) is 0 Å². The average Bonchev–Trinajstić information content (AvgIpc) is 3.04. The van der Waals surface area contributed by atoms with E-state index in [0.29, 0.717) is 18.5 Å². The maximum Gasteiger partial charge on any atom is 0.270 e. The van der Waals surface area contributed by atoms with Crippen LogP contribution >= 0.6 is 0 Å². The number of amides is 1. The van der Waals surface area contributed by atoms with Crippen LogP contribution in [-0.4, -0.2) is 22.2 Å². The zero-order chi connectivity index (χ0) is 13.1. The quantitative estimate of drug-likeness (QED) is 0.557. The van der Waals surface area contributed by atoms with Crippen molar-refractivity contribution >= 4 is 23.1 Å². The molecule has 1 amide bonds. The summed E-state index contributed by atoms with van der Waals surface area (Å²) in [7, 11) is 0. The van der Waals surface area contributed by atoms with Crippen molar-refractivity contribution in [2.75, 3.05) is 4.90 Å². The van der Waals surface area contributed by atoms with Gasteiger partial charge in [-0.05, 0) is 18.9 Å². The maximum atomic E-state index is 12.3. The van der Waals surface area contributed by atoms with Crippen molar-refractivity contribution in [2.24, 2.45) is 0 Å². The van der Waals surface area contributed by atoms with E-state index >= 15 is 0 Å². The van der Waals surface area contributed by atoms with E-state index in [1.807, 2.05) is 0 Å². The first-order valence-corrected chi connectivity index (χ1v) is 5.61. The van der Waals surface area contributed by atoms with Crippen molar-refractivity contribution in [3.63, 3.8) is 0 Å². The monoisotopic (exact) mass is 246 g/mol. The van der Waals surface area contributed by atoms with Gasteiger partial charge in [-0.15, -0.1) is 0 Å². The van der Waals surface area contributed by atoms with Gasteiger partial charge in [-0.3, -0.25) is 24.6 Å². The minimum atomic E-state index is -0.747. The van der Waals surface area contributed by atoms with Crippen LogP contribution < -0.4 is 4.90 Å². The van der Waals surface area contributed by atoms with Gasteiger partial charge in [-0.2, -0.15) is 0 Å². The zero-order valence-electron chi connectivity index (χ0n) is 9.67. The number of rotatable bonds is 1. The number of nitro benzene ring substituents is 1. The average molecular weight is 246 g/mol. The molecule has 1 saturated carbocycles. The van der Waals surface area contributed by atoms with Crippen LogP contribution in [0.4, 0.5) is 11.4 Å². The van der Waals surface area contributed by atoms with Gasteiger partial charge in [0.2, 0.25) is 5.91 Å². The third-order valence-corrected chi connectivity index (χ3v) is 3.57. The Hall–Kier alpha value is -2.24. The van der Waals surface area contributed by atoms with Gasteiger partial charge < -0.3 is 0 Å². The maximum absolute atomic E-state index is 12.3. The van der Waals surface area contributed by atoms with Gasteiger partial charge in [0, 0.05) is 19.1 Å². The molecule has 1 aromatic rings. The molecule has 92 valence electrons. The second kappa shape index (κ2) is 3.16. The van der Waals surface area contributed by atoms with Crippen molar-refractivity contribution in [3.8, 4) is 0 Å². The minimum Gasteiger partial charge on any atom is -0.298 e. The predicted octanol–water partition coefficient (Wildman–Crippen LogP) is 1.68. The van der Waals surface area contributed by atoms with Gasteiger partial charge in [-0.1, -0.05) is 0 Å². The SMILES string of the molecule is CC(=O)N1c2ccc([N+](=O)[O-])cc2C(=O)C12CC2. The molecular formula is C12H10N2O4. The summed E-state index contributed by atoms with van der Waals surface area (Å²) in [5.74, 6) is -0.371. The normalized spacial score (nSPS) is 18.9. The Bertz CT molecular complexity index is 604. The van der Waals surface area contributed by atoms with E-state index in [1.165, 1.54) is 30.0 Å². The molecule has 0 N–H and O–H groups in total. The van der Waals surface area contributed by atoms with Crippen LogP contribution in [0.15, 0.2) is 18.2 Å². The highest BCUT2D eigenvalue weighted by Gasteiger charge is 2.61. The van der Waals surface area contributed by atoms with Crippen LogP contribution in [0.25, 0.3) is 0 Å². The molecule has 0 aromatic heterocycles. The summed E-state index contributed by atoms with van der Waals surface area (Å²) < 4.78 is 0. The second-order valence-corrected chi connectivity index (χ2v) is 4.67. The highest BCUT2D eigenvalue weighted by molar-refractivity contribution is 6.22. The van der Waals surface area contributed by atoms with Gasteiger partial charge in [0.05, 0.1) is 16.2 Å². The van der Waals surface area contributed by atoms with E-state index < -0.39 is 10.5 Å². The molecule has 18 heavy (non-hydrogen) atoms. The third-order valence-electron chi connectivity index (χ3n) is 3.57. The van der Waals surface area contributed by atoms with Gasteiger partial charge in [0.1, 0.15) is 5.54 Å². The van der Waals surface area contributed by atoms with Crippen LogP contribution in [0.3, 0.4) is 0 Å². The van der Waals surface area contributed by atoms with Crippen LogP contribution in [-0.2, 0) is 4.79 Å². The molecule has 6 nitrogen and oxygen atoms in total. The first-order chi connectivity index (χ1) is 8.47. The highest BCUT2D eigenvalue weighted by atomic mass is 16.6. The predicted molar refractivity (Wildman–Crippen MR) is 62.6 cm³/mol. The fourth-order valence-corrected chi connectivity index (χ4v) is 2.64. The number of fused-ring (bicyclic) bond motifs is 1. The Morgan fingerprint density at radius 1 is 1.44 bits per heavy atom. The molecule has 6 heteroatoms. The van der Waals surface area contributed by atoms with Crippen molar-refractivity contribution < 1.29 is 14.5 Å². The lowest BCUT2D eigenvalue weighted by Crippen LogP contribution is -2.40. The number of anilines is 1. The fraction of sp³-hybridized carbons (Fsp3) is 0.333. The molecule has 1 aliphatic heterocycles. The molecule has 1 aromatic carbocycles. The summed E-state index contributed by atoms with van der Waals surface area (Å²) in [6, 6.07) is 4.07. The number of nitrogens with zero attached hydrogens (tertiary/aromatic N) is 2. The van der Waals surface area contributed by atoms with E-state index in [9.17, 15) is 19.7 Å². The molecule has 1 spiro atoms. The topological polar surface area (TPSA) is 80.5 Å². The minimum absolute atomic E-state index is 0.122. The van der Waals surface area contributed by atoms with E-state index in [-0.39, 0.29) is 22.9 Å². The Kier molecular flexibility index (Phi) is 1.91. The summed E-state index contributed by atoms with van der Waals surface area (Å²) >= 11 is 0. The number of hydrogen-bond acceptors (Lipinski definition) is 4. The summed E-state index contributed by atoms with van der Waals surface area (Å²) in [6.45, 7) is 1.41. The number of ketones is 1. The Morgan fingerprint density at radius 2 is 2.11 bits per heavy atom. The Morgan fingerprint density at radius 3 is 2.61 bits per heavy atom. The number of carbonyl (C=O) groups excluding carboxylic acids is 2. The van der Waals surface area contributed by atoms with Crippen LogP contribution in [0.5, 0.6) is 0 Å². The molecule has 0 bridgehead atoms. The first-order valence-electron chi connectivity index (χ1n) is 5.61. The molecule has 0 saturated heterocycles. The molecule has 0 atom stereocenters. The lowest BCUT2D eigenvalue weighted by atomic mass is 10.1. The van der Waals surface area contributed by atoms with Gasteiger partial charge >= 0.3 is 0 Å². The molecule has 1 fully saturated rings. The lowest BCUT2D eigenvalue weighted by Gasteiger charge is -2.21. The lowest BCUT2D eigenvalue weighted by molar-refractivity contribution is -0.384. The third kappa shape index (κ3) is 1.17. The largest absolute Gasteiger partial charge is 0.298 e. The number of carbonyl (C=O) groups is 2. The van der Waals surface area contributed by atoms with Crippen molar-refractivity contribution in [3.05, 3.63) is 33.9 Å². The summed E-state index contributed by atoms with van der Waals surface area (Å²) in [5.41, 5.74) is -0.0839. The van der Waals surface area contributed by atoms with Crippen LogP contribution in [0, 0.1) is 10.1 Å². The van der Waals surface area contributed by atoms with Crippen molar-refractivity contribution in [2.45, 2.75) is 25.3 Å². The summed E-state index contributed by atoms with van der Waals surface area (Å²) in [5, 5.41) is 10.7. The molecular weight excluding hydrogens is 236 g/mol. The van der Waals surface area contributed by atoms with Crippen molar-refractivity contribution in [1.29, 1.82) is 0 Å². The summed E-state index contributed by atoms with van der Waals surface area (Å²) in [6.07, 6.45) is 1.27. The smallest absolute Gasteiger partial charge is 0.270 e. The molecule has 0 radical (unpaired) electrons. The second-order valence-electron chi connectivity index (χ2n) is 4.67. The van der Waals surface area contributed by atoms with Crippen LogP contribution in [0.2, 0.25) is 0 Å². The number of hydrogen-bond donors (Lipinski definition) is 0. The number of non-ortho nitro benzene ring substituents is 1. The van der Waals surface area contributed by atoms with Crippen LogP contribution in [0.1, 0.15) is 30.1 Å². The standard InChI is InChI=1S/C12H10N2O4/c1-7(15)13-10-3-2-8(14(17)18)6-9(10)11(16)12(13)4-5-12/h2-3,6H,4-5H2,1H3. The molecule has 3 rings (SSSR count). The van der Waals surface area contributed by atoms with Crippen molar-refractivity contribution in [1.82, 2.24) is 0 Å².